The number of nitrogens with zero attached hydrogens (tertiary/aromatic N) is 2. The second kappa shape index (κ2) is 10.5. The van der Waals surface area contributed by atoms with E-state index in [1.165, 1.54) is 16.9 Å². The van der Waals surface area contributed by atoms with Gasteiger partial charge in [-0.3, -0.25) is 9.69 Å². The van der Waals surface area contributed by atoms with E-state index in [4.69, 9.17) is 4.74 Å². The standard InChI is InChI=1S/C24H23N3O2S.ClH/c1-17-6-5-9-19(12-17)29-16-23(28)26-24-21(13-25)20-10-11-27(15-22(20)30-24)14-18-7-3-2-4-8-18;/h2-9,12H,10-11,14-16H2,1H3,(H,26,28);1H. The molecule has 0 saturated heterocycles. The number of anilines is 1. The van der Waals surface area contributed by atoms with Crippen LogP contribution < -0.4 is 10.1 Å². The van der Waals surface area contributed by atoms with Gasteiger partial charge >= 0.3 is 0 Å². The van der Waals surface area contributed by atoms with Crippen molar-refractivity contribution < 1.29 is 9.53 Å². The van der Waals surface area contributed by atoms with Crippen LogP contribution in [0.2, 0.25) is 0 Å². The SMILES string of the molecule is Cc1cccc(OCC(=O)Nc2sc3c(c2C#N)CCN(Cc2ccccc2)C3)c1.Cl. The Morgan fingerprint density at radius 1 is 1.23 bits per heavy atom. The molecule has 5 nitrogen and oxygen atoms in total. The zero-order chi connectivity index (χ0) is 20.9. The Labute approximate surface area is 192 Å². The number of benzene rings is 2. The van der Waals surface area contributed by atoms with Crippen molar-refractivity contribution >= 4 is 34.7 Å². The van der Waals surface area contributed by atoms with E-state index in [-0.39, 0.29) is 24.9 Å². The number of fused-ring (bicyclic) bond motifs is 1. The predicted octanol–water partition coefficient (Wildman–Crippen LogP) is 4.93. The maximum absolute atomic E-state index is 12.4. The highest BCUT2D eigenvalue weighted by molar-refractivity contribution is 7.16. The number of hydrogen-bond donors (Lipinski definition) is 1. The molecule has 0 saturated carbocycles. The van der Waals surface area contributed by atoms with Crippen LogP contribution in [0.15, 0.2) is 54.6 Å². The summed E-state index contributed by atoms with van der Waals surface area (Å²) in [5.41, 5.74) is 4.02. The number of nitrogens with one attached hydrogen (secondary N) is 1. The van der Waals surface area contributed by atoms with E-state index in [2.05, 4.69) is 40.6 Å². The molecular formula is C24H24ClN3O2S. The van der Waals surface area contributed by atoms with Crippen LogP contribution in [0.25, 0.3) is 0 Å². The number of halogens is 1. The first-order chi connectivity index (χ1) is 14.6. The number of nitriles is 1. The van der Waals surface area contributed by atoms with Crippen LogP contribution in [0, 0.1) is 18.3 Å². The average molecular weight is 454 g/mol. The molecule has 1 N–H and O–H groups in total. The third kappa shape index (κ3) is 5.65. The Kier molecular flexibility index (Phi) is 7.69. The minimum absolute atomic E-state index is 0. The Hall–Kier alpha value is -2.85. The van der Waals surface area contributed by atoms with E-state index in [1.807, 2.05) is 37.3 Å². The summed E-state index contributed by atoms with van der Waals surface area (Å²) in [6.07, 6.45) is 0.817. The summed E-state index contributed by atoms with van der Waals surface area (Å²) in [5.74, 6) is 0.403. The maximum Gasteiger partial charge on any atom is 0.262 e. The number of carbonyl (C=O) groups excluding carboxylic acids is 1. The number of ether oxygens (including phenoxy) is 1. The number of thiophene rings is 1. The topological polar surface area (TPSA) is 65.4 Å². The maximum atomic E-state index is 12.4. The van der Waals surface area contributed by atoms with Gasteiger partial charge in [0.15, 0.2) is 6.61 Å². The van der Waals surface area contributed by atoms with Crippen molar-refractivity contribution in [2.45, 2.75) is 26.4 Å². The smallest absolute Gasteiger partial charge is 0.262 e. The number of amides is 1. The Morgan fingerprint density at radius 3 is 2.77 bits per heavy atom. The molecule has 3 aromatic rings. The summed E-state index contributed by atoms with van der Waals surface area (Å²) in [4.78, 5) is 15.9. The number of carbonyl (C=O) groups is 1. The molecular weight excluding hydrogens is 430 g/mol. The molecule has 2 aromatic carbocycles. The van der Waals surface area contributed by atoms with Crippen molar-refractivity contribution in [3.05, 3.63) is 81.7 Å². The van der Waals surface area contributed by atoms with Gasteiger partial charge in [0.1, 0.15) is 16.8 Å². The molecule has 1 amide bonds. The molecule has 0 radical (unpaired) electrons. The molecule has 1 aliphatic rings. The molecule has 160 valence electrons. The number of rotatable bonds is 6. The summed E-state index contributed by atoms with van der Waals surface area (Å²) in [6, 6.07) is 20.3. The summed E-state index contributed by atoms with van der Waals surface area (Å²) >= 11 is 1.50. The highest BCUT2D eigenvalue weighted by atomic mass is 35.5. The fourth-order valence-electron chi connectivity index (χ4n) is 3.66. The van der Waals surface area contributed by atoms with Crippen molar-refractivity contribution in [1.29, 1.82) is 5.26 Å². The van der Waals surface area contributed by atoms with Crippen LogP contribution >= 0.6 is 23.7 Å². The minimum Gasteiger partial charge on any atom is -0.484 e. The molecule has 0 spiro atoms. The highest BCUT2D eigenvalue weighted by Gasteiger charge is 2.25. The lowest BCUT2D eigenvalue weighted by Crippen LogP contribution is -2.29. The van der Waals surface area contributed by atoms with E-state index in [1.54, 1.807) is 0 Å². The zero-order valence-corrected chi connectivity index (χ0v) is 18.9. The molecule has 4 rings (SSSR count). The Balaban J connectivity index is 0.00000272. The van der Waals surface area contributed by atoms with E-state index < -0.39 is 0 Å². The van der Waals surface area contributed by atoms with Crippen LogP contribution in [0.5, 0.6) is 5.75 Å². The summed E-state index contributed by atoms with van der Waals surface area (Å²) in [6.45, 7) is 4.46. The van der Waals surface area contributed by atoms with Crippen molar-refractivity contribution in [1.82, 2.24) is 4.90 Å². The second-order valence-corrected chi connectivity index (χ2v) is 8.52. The number of aryl methyl sites for hydroxylation is 1. The van der Waals surface area contributed by atoms with Crippen LogP contribution in [0.1, 0.15) is 27.1 Å². The largest absolute Gasteiger partial charge is 0.484 e. The van der Waals surface area contributed by atoms with Gasteiger partial charge in [-0.1, -0.05) is 42.5 Å². The summed E-state index contributed by atoms with van der Waals surface area (Å²) in [7, 11) is 0. The van der Waals surface area contributed by atoms with Gasteiger partial charge in [-0.05, 0) is 42.2 Å². The van der Waals surface area contributed by atoms with Gasteiger partial charge < -0.3 is 10.1 Å². The zero-order valence-electron chi connectivity index (χ0n) is 17.3. The number of hydrogen-bond acceptors (Lipinski definition) is 5. The normalized spacial score (nSPS) is 12.9. The fourth-order valence-corrected chi connectivity index (χ4v) is 4.91. The Morgan fingerprint density at radius 2 is 2.03 bits per heavy atom. The van der Waals surface area contributed by atoms with E-state index >= 15 is 0 Å². The van der Waals surface area contributed by atoms with Crippen molar-refractivity contribution in [3.63, 3.8) is 0 Å². The molecule has 2 heterocycles. The van der Waals surface area contributed by atoms with Gasteiger partial charge in [-0.2, -0.15) is 5.26 Å². The lowest BCUT2D eigenvalue weighted by Gasteiger charge is -2.26. The molecule has 0 bridgehead atoms. The molecule has 0 aliphatic carbocycles. The van der Waals surface area contributed by atoms with E-state index in [0.717, 1.165) is 42.1 Å². The quantitative estimate of drug-likeness (QED) is 0.575. The second-order valence-electron chi connectivity index (χ2n) is 7.42. The summed E-state index contributed by atoms with van der Waals surface area (Å²) in [5, 5.41) is 13.2. The average Bonchev–Trinajstić information content (AvgIpc) is 3.09. The van der Waals surface area contributed by atoms with Gasteiger partial charge in [-0.15, -0.1) is 23.7 Å². The first-order valence-electron chi connectivity index (χ1n) is 9.92. The Bertz CT molecular complexity index is 1090. The molecule has 0 atom stereocenters. The van der Waals surface area contributed by atoms with Crippen LogP contribution in [0.3, 0.4) is 0 Å². The van der Waals surface area contributed by atoms with Crippen LogP contribution in [-0.2, 0) is 24.3 Å². The van der Waals surface area contributed by atoms with Gasteiger partial charge in [-0.25, -0.2) is 0 Å². The van der Waals surface area contributed by atoms with Gasteiger partial charge in [0, 0.05) is 24.5 Å². The predicted molar refractivity (Wildman–Crippen MR) is 126 cm³/mol. The van der Waals surface area contributed by atoms with E-state index in [9.17, 15) is 10.1 Å². The molecule has 7 heteroatoms. The third-order valence-corrected chi connectivity index (χ3v) is 6.24. The van der Waals surface area contributed by atoms with Crippen molar-refractivity contribution in [2.75, 3.05) is 18.5 Å². The van der Waals surface area contributed by atoms with Gasteiger partial charge in [0.25, 0.3) is 5.91 Å². The minimum atomic E-state index is -0.257. The van der Waals surface area contributed by atoms with Crippen molar-refractivity contribution in [2.24, 2.45) is 0 Å². The van der Waals surface area contributed by atoms with E-state index in [0.29, 0.717) is 16.3 Å². The summed E-state index contributed by atoms with van der Waals surface area (Å²) < 4.78 is 5.58. The first kappa shape index (κ1) is 22.8. The first-order valence-corrected chi connectivity index (χ1v) is 10.7. The fraction of sp³-hybridized carbons (Fsp3) is 0.250. The monoisotopic (exact) mass is 453 g/mol. The highest BCUT2D eigenvalue weighted by Crippen LogP contribution is 2.37. The van der Waals surface area contributed by atoms with Gasteiger partial charge in [0.05, 0.1) is 5.56 Å². The molecule has 1 aromatic heterocycles. The van der Waals surface area contributed by atoms with Crippen molar-refractivity contribution in [3.8, 4) is 11.8 Å². The van der Waals surface area contributed by atoms with Gasteiger partial charge in [0.2, 0.25) is 0 Å². The molecule has 0 unspecified atom stereocenters. The molecule has 1 aliphatic heterocycles. The molecule has 0 fully saturated rings. The lowest BCUT2D eigenvalue weighted by molar-refractivity contribution is -0.118. The molecule has 31 heavy (non-hydrogen) atoms. The van der Waals surface area contributed by atoms with Crippen LogP contribution in [0.4, 0.5) is 5.00 Å². The lowest BCUT2D eigenvalue weighted by atomic mass is 10.0. The van der Waals surface area contributed by atoms with Crippen LogP contribution in [-0.4, -0.2) is 24.0 Å². The third-order valence-electron chi connectivity index (χ3n) is 5.11.